The second kappa shape index (κ2) is 11.2. The maximum atomic E-state index is 10.6. The molecule has 1 heterocycles. The average Bonchev–Trinajstić information content (AvgIpc) is 3.37. The van der Waals surface area contributed by atoms with Crippen LogP contribution in [0.3, 0.4) is 0 Å². The molecular weight excluding hydrogens is 482 g/mol. The van der Waals surface area contributed by atoms with Gasteiger partial charge in [0.15, 0.2) is 0 Å². The van der Waals surface area contributed by atoms with Gasteiger partial charge in [-0.05, 0) is 56.7 Å². The predicted octanol–water partition coefficient (Wildman–Crippen LogP) is 4.77. The Morgan fingerprint density at radius 3 is 1.83 bits per heavy atom. The van der Waals surface area contributed by atoms with Gasteiger partial charge in [-0.25, -0.2) is 9.59 Å². The number of carboxylic acid groups (broad SMARTS) is 2. The van der Waals surface area contributed by atoms with E-state index in [2.05, 4.69) is 55.0 Å². The summed E-state index contributed by atoms with van der Waals surface area (Å²) in [6.45, 7) is 8.60. The maximum absolute atomic E-state index is 10.6. The van der Waals surface area contributed by atoms with Crippen LogP contribution in [0.15, 0.2) is 24.3 Å². The highest BCUT2D eigenvalue weighted by atomic mass is 19.4. The SMILES string of the molecule is CC(C)N(C)[C@H]1c2ccccc2[C@@H]2CN(CC3CC3)C[C@@H]21.O=C(O)C(F)(F)F.O=C(O)C(F)(F)F. The van der Waals surface area contributed by atoms with Crippen molar-refractivity contribution in [2.24, 2.45) is 11.8 Å². The Morgan fingerprint density at radius 2 is 1.43 bits per heavy atom. The number of likely N-dealkylation sites (tertiary alicyclic amines) is 1. The van der Waals surface area contributed by atoms with E-state index in [0.717, 1.165) is 17.8 Å². The molecule has 12 heteroatoms. The van der Waals surface area contributed by atoms with Crippen molar-refractivity contribution in [1.82, 2.24) is 9.80 Å². The minimum Gasteiger partial charge on any atom is -0.475 e. The van der Waals surface area contributed by atoms with Gasteiger partial charge >= 0.3 is 24.3 Å². The van der Waals surface area contributed by atoms with Crippen LogP contribution in [0.4, 0.5) is 26.3 Å². The second-order valence-corrected chi connectivity index (χ2v) is 9.37. The van der Waals surface area contributed by atoms with E-state index in [1.165, 1.54) is 32.5 Å². The molecule has 1 saturated carbocycles. The minimum absolute atomic E-state index is 0.610. The molecule has 3 atom stereocenters. The van der Waals surface area contributed by atoms with Gasteiger partial charge in [0.1, 0.15) is 0 Å². The molecule has 35 heavy (non-hydrogen) atoms. The molecule has 0 bridgehead atoms. The Morgan fingerprint density at radius 1 is 0.971 bits per heavy atom. The fourth-order valence-electron chi connectivity index (χ4n) is 4.57. The lowest BCUT2D eigenvalue weighted by molar-refractivity contribution is -0.193. The number of carboxylic acids is 2. The average molecular weight is 512 g/mol. The van der Waals surface area contributed by atoms with Crippen LogP contribution in [0, 0.1) is 11.8 Å². The number of aliphatic carboxylic acids is 2. The molecular formula is C23H30F6N2O4. The van der Waals surface area contributed by atoms with Crippen LogP contribution in [0.1, 0.15) is 49.8 Å². The minimum atomic E-state index is -5.08. The summed E-state index contributed by atoms with van der Waals surface area (Å²) in [7, 11) is 2.32. The Hall–Kier alpha value is -2.34. The number of nitrogens with zero attached hydrogens (tertiary/aromatic N) is 2. The van der Waals surface area contributed by atoms with Crippen LogP contribution in [0.25, 0.3) is 0 Å². The zero-order chi connectivity index (χ0) is 26.7. The monoisotopic (exact) mass is 512 g/mol. The molecule has 2 N–H and O–H groups in total. The third-order valence-electron chi connectivity index (χ3n) is 6.51. The first-order valence-corrected chi connectivity index (χ1v) is 11.2. The van der Waals surface area contributed by atoms with Gasteiger partial charge in [0.05, 0.1) is 0 Å². The fraction of sp³-hybridized carbons (Fsp3) is 0.652. The quantitative estimate of drug-likeness (QED) is 0.566. The number of rotatable bonds is 4. The topological polar surface area (TPSA) is 81.1 Å². The molecule has 6 nitrogen and oxygen atoms in total. The number of hydrogen-bond donors (Lipinski definition) is 2. The van der Waals surface area contributed by atoms with Gasteiger partial charge < -0.3 is 15.1 Å². The Bertz CT molecular complexity index is 861. The molecule has 2 fully saturated rings. The molecule has 0 spiro atoms. The molecule has 1 aromatic carbocycles. The first kappa shape index (κ1) is 28.9. The van der Waals surface area contributed by atoms with E-state index in [1.807, 2.05) is 0 Å². The number of carbonyl (C=O) groups is 2. The van der Waals surface area contributed by atoms with Gasteiger partial charge in [-0.15, -0.1) is 0 Å². The van der Waals surface area contributed by atoms with E-state index >= 15 is 0 Å². The highest BCUT2D eigenvalue weighted by Gasteiger charge is 2.48. The summed E-state index contributed by atoms with van der Waals surface area (Å²) in [4.78, 5) is 23.1. The van der Waals surface area contributed by atoms with Gasteiger partial charge in [0, 0.05) is 37.6 Å². The first-order chi connectivity index (χ1) is 16.0. The van der Waals surface area contributed by atoms with Crippen LogP contribution < -0.4 is 0 Å². The molecule has 1 saturated heterocycles. The van der Waals surface area contributed by atoms with E-state index in [4.69, 9.17) is 19.8 Å². The summed E-state index contributed by atoms with van der Waals surface area (Å²) in [6, 6.07) is 10.5. The zero-order valence-electron chi connectivity index (χ0n) is 19.6. The summed E-state index contributed by atoms with van der Waals surface area (Å²) in [5.41, 5.74) is 3.24. The molecule has 198 valence electrons. The lowest BCUT2D eigenvalue weighted by Gasteiger charge is -2.33. The Kier molecular flexibility index (Phi) is 9.21. The van der Waals surface area contributed by atoms with Crippen molar-refractivity contribution in [2.45, 2.75) is 57.0 Å². The van der Waals surface area contributed by atoms with E-state index in [0.29, 0.717) is 12.1 Å². The summed E-state index contributed by atoms with van der Waals surface area (Å²) in [5, 5.41) is 14.2. The normalized spacial score (nSPS) is 23.7. The van der Waals surface area contributed by atoms with Crippen LogP contribution in [0.2, 0.25) is 0 Å². The van der Waals surface area contributed by atoms with Crippen LogP contribution in [0.5, 0.6) is 0 Å². The number of alkyl halides is 6. The van der Waals surface area contributed by atoms with Crippen molar-refractivity contribution < 1.29 is 46.1 Å². The Balaban J connectivity index is 0.000000257. The highest BCUT2D eigenvalue weighted by molar-refractivity contribution is 5.73. The fourth-order valence-corrected chi connectivity index (χ4v) is 4.57. The van der Waals surface area contributed by atoms with Gasteiger partial charge in [-0.3, -0.25) is 4.90 Å². The van der Waals surface area contributed by atoms with E-state index in [-0.39, 0.29) is 0 Å². The second-order valence-electron chi connectivity index (χ2n) is 9.37. The van der Waals surface area contributed by atoms with Crippen molar-refractivity contribution in [3.05, 3.63) is 35.4 Å². The summed E-state index contributed by atoms with van der Waals surface area (Å²) in [5.74, 6) is -2.93. The maximum Gasteiger partial charge on any atom is 0.490 e. The summed E-state index contributed by atoms with van der Waals surface area (Å²) in [6.07, 6.45) is -7.23. The summed E-state index contributed by atoms with van der Waals surface area (Å²) >= 11 is 0. The lowest BCUT2D eigenvalue weighted by Crippen LogP contribution is -2.35. The van der Waals surface area contributed by atoms with E-state index in [1.54, 1.807) is 11.1 Å². The van der Waals surface area contributed by atoms with Gasteiger partial charge in [-0.1, -0.05) is 24.3 Å². The number of halogens is 6. The van der Waals surface area contributed by atoms with Crippen molar-refractivity contribution >= 4 is 11.9 Å². The van der Waals surface area contributed by atoms with Crippen molar-refractivity contribution in [1.29, 1.82) is 0 Å². The molecule has 3 aliphatic rings. The molecule has 0 aromatic heterocycles. The first-order valence-electron chi connectivity index (χ1n) is 11.2. The molecule has 0 amide bonds. The number of benzene rings is 1. The Labute approximate surface area is 199 Å². The zero-order valence-corrected chi connectivity index (χ0v) is 19.6. The number of fused-ring (bicyclic) bond motifs is 3. The van der Waals surface area contributed by atoms with Gasteiger partial charge in [0.2, 0.25) is 0 Å². The van der Waals surface area contributed by atoms with Crippen LogP contribution in [-0.2, 0) is 9.59 Å². The van der Waals surface area contributed by atoms with Crippen molar-refractivity contribution in [3.63, 3.8) is 0 Å². The molecule has 2 aliphatic carbocycles. The third kappa shape index (κ3) is 7.83. The smallest absolute Gasteiger partial charge is 0.475 e. The van der Waals surface area contributed by atoms with Crippen molar-refractivity contribution in [2.75, 3.05) is 26.7 Å². The largest absolute Gasteiger partial charge is 0.490 e. The summed E-state index contributed by atoms with van der Waals surface area (Å²) < 4.78 is 63.5. The number of hydrogen-bond acceptors (Lipinski definition) is 4. The van der Waals surface area contributed by atoms with Gasteiger partial charge in [-0.2, -0.15) is 26.3 Å². The van der Waals surface area contributed by atoms with E-state index in [9.17, 15) is 26.3 Å². The van der Waals surface area contributed by atoms with Gasteiger partial charge in [0.25, 0.3) is 0 Å². The molecule has 1 aliphatic heterocycles. The highest BCUT2D eigenvalue weighted by Crippen LogP contribution is 2.52. The molecule has 1 aromatic rings. The van der Waals surface area contributed by atoms with Crippen LogP contribution >= 0.6 is 0 Å². The molecule has 4 rings (SSSR count). The molecule has 0 radical (unpaired) electrons. The third-order valence-corrected chi connectivity index (χ3v) is 6.51. The van der Waals surface area contributed by atoms with Crippen molar-refractivity contribution in [3.8, 4) is 0 Å². The standard InChI is InChI=1S/C19H28N2.2C2HF3O2/c1-13(2)20(3)19-16-7-5-4-6-15(16)17-11-21(12-18(17)19)10-14-8-9-14;2*3-2(4,5)1(6)7/h4-7,13-14,17-19H,8-12H2,1-3H3;2*(H,6,7)/t17-,18-,19-;;/m0../s1. The lowest BCUT2D eigenvalue weighted by atomic mass is 9.93. The predicted molar refractivity (Wildman–Crippen MR) is 115 cm³/mol. The van der Waals surface area contributed by atoms with Crippen LogP contribution in [-0.4, -0.2) is 77.0 Å². The molecule has 0 unspecified atom stereocenters. The van der Waals surface area contributed by atoms with E-state index < -0.39 is 24.3 Å².